The smallest absolute Gasteiger partial charge is 0.255 e. The minimum atomic E-state index is -1.32. The SMILES string of the molecule is COCCN1CCCC(O)(CN(C)Cc2ccc3ncccc3c2)C1=O. The number of benzene rings is 1. The van der Waals surface area contributed by atoms with Crippen molar-refractivity contribution in [1.29, 1.82) is 0 Å². The number of carbonyl (C=O) groups excluding carboxylic acids is 1. The summed E-state index contributed by atoms with van der Waals surface area (Å²) in [5.74, 6) is -0.185. The van der Waals surface area contributed by atoms with Crippen LogP contribution >= 0.6 is 0 Å². The third-order valence-electron chi connectivity index (χ3n) is 4.92. The molecule has 1 atom stereocenters. The highest BCUT2D eigenvalue weighted by Crippen LogP contribution is 2.24. The predicted octanol–water partition coefficient (Wildman–Crippen LogP) is 1.67. The third kappa shape index (κ3) is 4.20. The van der Waals surface area contributed by atoms with Gasteiger partial charge < -0.3 is 14.7 Å². The maximum atomic E-state index is 12.7. The number of aliphatic hydroxyl groups is 1. The largest absolute Gasteiger partial charge is 0.383 e. The number of ether oxygens (including phenoxy) is 1. The van der Waals surface area contributed by atoms with Gasteiger partial charge in [-0.05, 0) is 43.7 Å². The molecule has 140 valence electrons. The van der Waals surface area contributed by atoms with E-state index in [0.29, 0.717) is 39.2 Å². The fraction of sp³-hybridized carbons (Fsp3) is 0.500. The molecular formula is C20H27N3O3. The summed E-state index contributed by atoms with van der Waals surface area (Å²) < 4.78 is 5.07. The zero-order valence-corrected chi connectivity index (χ0v) is 15.5. The number of methoxy groups -OCH3 is 1. The molecule has 0 radical (unpaired) electrons. The van der Waals surface area contributed by atoms with Crippen LogP contribution in [0.3, 0.4) is 0 Å². The van der Waals surface area contributed by atoms with E-state index in [0.717, 1.165) is 22.9 Å². The minimum Gasteiger partial charge on any atom is -0.383 e. The molecule has 1 N–H and O–H groups in total. The van der Waals surface area contributed by atoms with E-state index in [-0.39, 0.29) is 5.91 Å². The molecule has 26 heavy (non-hydrogen) atoms. The first-order valence-corrected chi connectivity index (χ1v) is 9.05. The van der Waals surface area contributed by atoms with Crippen molar-refractivity contribution in [3.05, 3.63) is 42.1 Å². The van der Waals surface area contributed by atoms with E-state index in [2.05, 4.69) is 11.1 Å². The van der Waals surface area contributed by atoms with Gasteiger partial charge in [-0.3, -0.25) is 14.7 Å². The van der Waals surface area contributed by atoms with Crippen molar-refractivity contribution in [2.75, 3.05) is 40.4 Å². The normalized spacial score (nSPS) is 20.9. The van der Waals surface area contributed by atoms with E-state index in [1.165, 1.54) is 0 Å². The number of piperidine rings is 1. The Kier molecular flexibility index (Phi) is 5.86. The van der Waals surface area contributed by atoms with Gasteiger partial charge in [-0.15, -0.1) is 0 Å². The van der Waals surface area contributed by atoms with Crippen molar-refractivity contribution < 1.29 is 14.6 Å². The van der Waals surface area contributed by atoms with Crippen LogP contribution in [0.4, 0.5) is 0 Å². The molecule has 0 saturated carbocycles. The monoisotopic (exact) mass is 357 g/mol. The number of likely N-dealkylation sites (tertiary alicyclic amines) is 1. The Balaban J connectivity index is 1.65. The summed E-state index contributed by atoms with van der Waals surface area (Å²) in [5, 5.41) is 12.0. The summed E-state index contributed by atoms with van der Waals surface area (Å²) in [6, 6.07) is 10.1. The summed E-state index contributed by atoms with van der Waals surface area (Å²) >= 11 is 0. The van der Waals surface area contributed by atoms with Gasteiger partial charge in [0.25, 0.3) is 5.91 Å². The predicted molar refractivity (Wildman–Crippen MR) is 101 cm³/mol. The van der Waals surface area contributed by atoms with Crippen molar-refractivity contribution in [1.82, 2.24) is 14.8 Å². The third-order valence-corrected chi connectivity index (χ3v) is 4.92. The molecule has 6 nitrogen and oxygen atoms in total. The van der Waals surface area contributed by atoms with Crippen LogP contribution in [0.5, 0.6) is 0 Å². The summed E-state index contributed by atoms with van der Waals surface area (Å²) in [7, 11) is 3.56. The molecule has 2 aromatic rings. The molecular weight excluding hydrogens is 330 g/mol. The average Bonchev–Trinajstić information content (AvgIpc) is 2.63. The first-order chi connectivity index (χ1) is 12.5. The molecule has 6 heteroatoms. The first-order valence-electron chi connectivity index (χ1n) is 9.05. The molecule has 1 fully saturated rings. The Morgan fingerprint density at radius 3 is 3.04 bits per heavy atom. The van der Waals surface area contributed by atoms with Gasteiger partial charge in [-0.2, -0.15) is 0 Å². The van der Waals surface area contributed by atoms with E-state index in [1.807, 2.05) is 36.2 Å². The summed E-state index contributed by atoms with van der Waals surface area (Å²) in [5.41, 5.74) is 0.781. The molecule has 1 unspecified atom stereocenters. The number of aromatic nitrogens is 1. The van der Waals surface area contributed by atoms with E-state index in [9.17, 15) is 9.90 Å². The highest BCUT2D eigenvalue weighted by Gasteiger charge is 2.42. The van der Waals surface area contributed by atoms with E-state index in [4.69, 9.17) is 4.74 Å². The second-order valence-corrected chi connectivity index (χ2v) is 7.12. The number of hydrogen-bond acceptors (Lipinski definition) is 5. The van der Waals surface area contributed by atoms with Crippen molar-refractivity contribution >= 4 is 16.8 Å². The average molecular weight is 357 g/mol. The van der Waals surface area contributed by atoms with Crippen LogP contribution in [0.2, 0.25) is 0 Å². The van der Waals surface area contributed by atoms with Crippen LogP contribution < -0.4 is 0 Å². The number of rotatable bonds is 7. The number of carbonyl (C=O) groups is 1. The van der Waals surface area contributed by atoms with Gasteiger partial charge in [0, 0.05) is 44.9 Å². The molecule has 1 aliphatic rings. The van der Waals surface area contributed by atoms with Gasteiger partial charge in [0.15, 0.2) is 5.60 Å². The zero-order chi connectivity index (χ0) is 18.6. The zero-order valence-electron chi connectivity index (χ0n) is 15.5. The van der Waals surface area contributed by atoms with Gasteiger partial charge >= 0.3 is 0 Å². The molecule has 2 heterocycles. The fourth-order valence-electron chi connectivity index (χ4n) is 3.66. The molecule has 1 saturated heterocycles. The van der Waals surface area contributed by atoms with Gasteiger partial charge in [0.05, 0.1) is 12.1 Å². The van der Waals surface area contributed by atoms with E-state index in [1.54, 1.807) is 18.2 Å². The molecule has 1 amide bonds. The van der Waals surface area contributed by atoms with Crippen LogP contribution in [0.25, 0.3) is 10.9 Å². The second-order valence-electron chi connectivity index (χ2n) is 7.12. The fourth-order valence-corrected chi connectivity index (χ4v) is 3.66. The van der Waals surface area contributed by atoms with Gasteiger partial charge in [0.1, 0.15) is 0 Å². The van der Waals surface area contributed by atoms with Crippen molar-refractivity contribution in [3.8, 4) is 0 Å². The van der Waals surface area contributed by atoms with Gasteiger partial charge in [-0.1, -0.05) is 12.1 Å². The lowest BCUT2D eigenvalue weighted by atomic mass is 9.91. The molecule has 0 bridgehead atoms. The summed E-state index contributed by atoms with van der Waals surface area (Å²) in [6.07, 6.45) is 3.09. The van der Waals surface area contributed by atoms with Crippen molar-refractivity contribution in [3.63, 3.8) is 0 Å². The highest BCUT2D eigenvalue weighted by molar-refractivity contribution is 5.86. The molecule has 3 rings (SSSR count). The maximum Gasteiger partial charge on any atom is 0.255 e. The van der Waals surface area contributed by atoms with Crippen LogP contribution in [0.1, 0.15) is 18.4 Å². The topological polar surface area (TPSA) is 65.9 Å². The first kappa shape index (κ1) is 18.8. The minimum absolute atomic E-state index is 0.185. The molecule has 1 aromatic heterocycles. The maximum absolute atomic E-state index is 12.7. The number of likely N-dealkylation sites (N-methyl/N-ethyl adjacent to an activating group) is 1. The summed E-state index contributed by atoms with van der Waals surface area (Å²) in [4.78, 5) is 20.8. The molecule has 0 aliphatic carbocycles. The molecule has 1 aliphatic heterocycles. The Labute approximate surface area is 154 Å². The Morgan fingerprint density at radius 1 is 1.38 bits per heavy atom. The molecule has 0 spiro atoms. The number of amides is 1. The molecule has 1 aromatic carbocycles. The number of fused-ring (bicyclic) bond motifs is 1. The lowest BCUT2D eigenvalue weighted by Crippen LogP contribution is -2.58. The van der Waals surface area contributed by atoms with E-state index < -0.39 is 5.60 Å². The number of hydrogen-bond donors (Lipinski definition) is 1. The number of pyridine rings is 1. The van der Waals surface area contributed by atoms with Crippen LogP contribution in [-0.2, 0) is 16.1 Å². The standard InChI is InChI=1S/C20H27N3O3/c1-22(14-16-6-7-18-17(13-16)5-3-9-21-18)15-20(25)8-4-10-23(19(20)24)11-12-26-2/h3,5-7,9,13,25H,4,8,10-12,14-15H2,1-2H3. The summed E-state index contributed by atoms with van der Waals surface area (Å²) in [6.45, 7) is 2.69. The number of nitrogens with zero attached hydrogens (tertiary/aromatic N) is 3. The quantitative estimate of drug-likeness (QED) is 0.816. The van der Waals surface area contributed by atoms with Gasteiger partial charge in [0.2, 0.25) is 0 Å². The lowest BCUT2D eigenvalue weighted by molar-refractivity contribution is -0.159. The van der Waals surface area contributed by atoms with Crippen LogP contribution in [-0.4, -0.2) is 71.8 Å². The van der Waals surface area contributed by atoms with Crippen LogP contribution in [0, 0.1) is 0 Å². The Hall–Kier alpha value is -2.02. The second kappa shape index (κ2) is 8.12. The van der Waals surface area contributed by atoms with E-state index >= 15 is 0 Å². The Bertz CT molecular complexity index is 767. The van der Waals surface area contributed by atoms with Gasteiger partial charge in [-0.25, -0.2) is 0 Å². The Morgan fingerprint density at radius 2 is 2.23 bits per heavy atom. The van der Waals surface area contributed by atoms with Crippen molar-refractivity contribution in [2.24, 2.45) is 0 Å². The lowest BCUT2D eigenvalue weighted by Gasteiger charge is -2.40. The van der Waals surface area contributed by atoms with Crippen molar-refractivity contribution in [2.45, 2.75) is 25.0 Å². The highest BCUT2D eigenvalue weighted by atomic mass is 16.5. The van der Waals surface area contributed by atoms with Crippen LogP contribution in [0.15, 0.2) is 36.5 Å².